The minimum absolute atomic E-state index is 0.0520. The Hall–Kier alpha value is -4.40. The summed E-state index contributed by atoms with van der Waals surface area (Å²) in [5, 5.41) is 18.7. The molecule has 3 N–H and O–H groups in total. The molecule has 4 atom stereocenters. The Morgan fingerprint density at radius 2 is 1.77 bits per heavy atom. The van der Waals surface area contributed by atoms with Crippen molar-refractivity contribution in [3.63, 3.8) is 0 Å². The Balaban J connectivity index is 1.10. The molecule has 0 unspecified atom stereocenters. The topological polar surface area (TPSA) is 96.0 Å². The second kappa shape index (κ2) is 13.8. The average Bonchev–Trinajstić information content (AvgIpc) is 3.57. The summed E-state index contributed by atoms with van der Waals surface area (Å²) in [5.74, 6) is 2.05. The number of aliphatic hydroxyl groups is 1. The van der Waals surface area contributed by atoms with Gasteiger partial charge >= 0.3 is 0 Å². The summed E-state index contributed by atoms with van der Waals surface area (Å²) in [6.45, 7) is 2.78. The molecule has 8 nitrogen and oxygen atoms in total. The molecule has 1 fully saturated rings. The van der Waals surface area contributed by atoms with E-state index >= 15 is 0 Å². The van der Waals surface area contributed by atoms with Crippen LogP contribution in [0.15, 0.2) is 97.2 Å². The number of pyridine rings is 1. The van der Waals surface area contributed by atoms with E-state index in [2.05, 4.69) is 40.7 Å². The van der Waals surface area contributed by atoms with Crippen LogP contribution in [0.4, 0.5) is 11.5 Å². The van der Waals surface area contributed by atoms with Crippen LogP contribution in [0, 0.1) is 0 Å². The zero-order valence-electron chi connectivity index (χ0n) is 27.0. The van der Waals surface area contributed by atoms with E-state index in [1.165, 1.54) is 18.4 Å². The number of rotatable bonds is 10. The molecule has 1 aromatic heterocycles. The van der Waals surface area contributed by atoms with Crippen LogP contribution >= 0.6 is 0 Å². The standard InChI is InChI=1S/C39H44N4O4/c1-2-27-17-18-34-29(22-27)31(24-39(47-34)19-9-10-20-39)41-25-33(44)30(23-28-12-4-3-5-13-28)42-38(45)36-26-43(37-16-8-11-21-40-37)32-14-6-7-15-35(32)46-36/h3-8,11-18,21-22,30-31,33,36,41,44H,2,9-10,19-20,23-26H2,1H3,(H,42,45)/t30-,31-,33+,36+/m0/s1. The number of benzene rings is 3. The van der Waals surface area contributed by atoms with E-state index in [0.29, 0.717) is 25.3 Å². The Morgan fingerprint density at radius 1 is 0.979 bits per heavy atom. The predicted octanol–water partition coefficient (Wildman–Crippen LogP) is 6.06. The number of fused-ring (bicyclic) bond motifs is 2. The first-order valence-corrected chi connectivity index (χ1v) is 17.0. The number of nitrogens with zero attached hydrogens (tertiary/aromatic N) is 2. The molecule has 1 saturated carbocycles. The fourth-order valence-corrected chi connectivity index (χ4v) is 7.38. The van der Waals surface area contributed by atoms with Gasteiger partial charge in [0.05, 0.1) is 24.4 Å². The van der Waals surface area contributed by atoms with Gasteiger partial charge < -0.3 is 30.1 Å². The van der Waals surface area contributed by atoms with Gasteiger partial charge in [0.2, 0.25) is 0 Å². The maximum atomic E-state index is 14.0. The summed E-state index contributed by atoms with van der Waals surface area (Å²) in [5.41, 5.74) is 4.17. The lowest BCUT2D eigenvalue weighted by Gasteiger charge is -2.41. The fourth-order valence-electron chi connectivity index (χ4n) is 7.38. The Labute approximate surface area is 277 Å². The van der Waals surface area contributed by atoms with Gasteiger partial charge in [-0.3, -0.25) is 4.79 Å². The summed E-state index contributed by atoms with van der Waals surface area (Å²) in [7, 11) is 0. The van der Waals surface area contributed by atoms with Crippen molar-refractivity contribution in [3.05, 3.63) is 114 Å². The Kier molecular flexibility index (Phi) is 9.14. The lowest BCUT2D eigenvalue weighted by Crippen LogP contribution is -2.55. The summed E-state index contributed by atoms with van der Waals surface area (Å²) in [6, 6.07) is 29.5. The van der Waals surface area contributed by atoms with Crippen molar-refractivity contribution in [2.45, 2.75) is 81.8 Å². The van der Waals surface area contributed by atoms with Crippen LogP contribution in [0.1, 0.15) is 61.8 Å². The van der Waals surface area contributed by atoms with E-state index in [0.717, 1.165) is 54.1 Å². The number of aliphatic hydroxyl groups excluding tert-OH is 1. The molecule has 0 bridgehead atoms. The van der Waals surface area contributed by atoms with Crippen molar-refractivity contribution in [3.8, 4) is 11.5 Å². The largest absolute Gasteiger partial charge is 0.487 e. The van der Waals surface area contributed by atoms with Crippen molar-refractivity contribution in [1.82, 2.24) is 15.6 Å². The lowest BCUT2D eigenvalue weighted by molar-refractivity contribution is -0.129. The number of carbonyl (C=O) groups excluding carboxylic acids is 1. The van der Waals surface area contributed by atoms with Crippen molar-refractivity contribution in [2.75, 3.05) is 18.0 Å². The van der Waals surface area contributed by atoms with Crippen LogP contribution in [-0.4, -0.2) is 52.9 Å². The second-order valence-electron chi connectivity index (χ2n) is 13.1. The predicted molar refractivity (Wildman–Crippen MR) is 183 cm³/mol. The van der Waals surface area contributed by atoms with Crippen LogP contribution < -0.4 is 25.0 Å². The van der Waals surface area contributed by atoms with Gasteiger partial charge in [0.25, 0.3) is 5.91 Å². The third-order valence-corrected chi connectivity index (χ3v) is 9.93. The molecule has 3 aliphatic rings. The first-order chi connectivity index (χ1) is 23.0. The van der Waals surface area contributed by atoms with E-state index in [-0.39, 0.29) is 17.6 Å². The molecule has 0 saturated heterocycles. The van der Waals surface area contributed by atoms with Gasteiger partial charge in [-0.1, -0.05) is 67.6 Å². The summed E-state index contributed by atoms with van der Waals surface area (Å²) < 4.78 is 12.9. The summed E-state index contributed by atoms with van der Waals surface area (Å²) >= 11 is 0. The van der Waals surface area contributed by atoms with Gasteiger partial charge in [0.15, 0.2) is 6.10 Å². The number of anilines is 2. The maximum absolute atomic E-state index is 14.0. The highest BCUT2D eigenvalue weighted by atomic mass is 16.5. The Bertz CT molecular complexity index is 1660. The van der Waals surface area contributed by atoms with Crippen LogP contribution in [-0.2, 0) is 17.6 Å². The molecule has 0 radical (unpaired) electrons. The molecule has 2 aliphatic heterocycles. The van der Waals surface area contributed by atoms with E-state index in [4.69, 9.17) is 9.47 Å². The van der Waals surface area contributed by atoms with Crippen molar-refractivity contribution in [1.29, 1.82) is 0 Å². The first kappa shape index (κ1) is 31.2. The molecule has 244 valence electrons. The van der Waals surface area contributed by atoms with E-state index in [1.54, 1.807) is 6.20 Å². The van der Waals surface area contributed by atoms with Gasteiger partial charge in [0.1, 0.15) is 22.9 Å². The Morgan fingerprint density at radius 3 is 2.55 bits per heavy atom. The number of nitrogens with one attached hydrogen (secondary N) is 2. The molecular formula is C39H44N4O4. The van der Waals surface area contributed by atoms with E-state index in [1.807, 2.05) is 77.7 Å². The quantitative estimate of drug-likeness (QED) is 0.196. The molecule has 47 heavy (non-hydrogen) atoms. The molecule has 4 aromatic rings. The number of amides is 1. The van der Waals surface area contributed by atoms with Gasteiger partial charge in [-0.2, -0.15) is 0 Å². The van der Waals surface area contributed by atoms with Gasteiger partial charge in [-0.05, 0) is 80.0 Å². The van der Waals surface area contributed by atoms with Crippen LogP contribution in [0.3, 0.4) is 0 Å². The number of hydrogen-bond acceptors (Lipinski definition) is 7. The summed E-state index contributed by atoms with van der Waals surface area (Å²) in [6.07, 6.45) is 6.86. The van der Waals surface area contributed by atoms with Crippen molar-refractivity contribution < 1.29 is 19.4 Å². The van der Waals surface area contributed by atoms with Gasteiger partial charge in [-0.15, -0.1) is 0 Å². The van der Waals surface area contributed by atoms with Crippen LogP contribution in [0.25, 0.3) is 0 Å². The normalized spacial score (nSPS) is 20.8. The average molecular weight is 633 g/mol. The van der Waals surface area contributed by atoms with Crippen LogP contribution in [0.5, 0.6) is 11.5 Å². The second-order valence-corrected chi connectivity index (χ2v) is 13.1. The molecule has 7 rings (SSSR count). The molecule has 3 aromatic carbocycles. The molecular weight excluding hydrogens is 588 g/mol. The van der Waals surface area contributed by atoms with E-state index in [9.17, 15) is 9.90 Å². The molecule has 1 spiro atoms. The molecule has 3 heterocycles. The van der Waals surface area contributed by atoms with Gasteiger partial charge in [0, 0.05) is 30.8 Å². The monoisotopic (exact) mass is 632 g/mol. The number of carbonyl (C=O) groups is 1. The summed E-state index contributed by atoms with van der Waals surface area (Å²) in [4.78, 5) is 20.5. The smallest absolute Gasteiger partial charge is 0.263 e. The van der Waals surface area contributed by atoms with Crippen molar-refractivity contribution in [2.24, 2.45) is 0 Å². The maximum Gasteiger partial charge on any atom is 0.263 e. The molecule has 1 aliphatic carbocycles. The van der Waals surface area contributed by atoms with E-state index < -0.39 is 18.2 Å². The number of para-hydroxylation sites is 2. The zero-order chi connectivity index (χ0) is 32.2. The number of hydrogen-bond donors (Lipinski definition) is 3. The minimum Gasteiger partial charge on any atom is -0.487 e. The zero-order valence-corrected chi connectivity index (χ0v) is 27.0. The number of ether oxygens (including phenoxy) is 2. The minimum atomic E-state index is -0.845. The SMILES string of the molecule is CCc1ccc2c(c1)[C@@H](NC[C@@H](O)[C@H](Cc1ccccc1)NC(=O)[C@H]1CN(c3ccccn3)c3ccccc3O1)CC1(CCCC1)O2. The highest BCUT2D eigenvalue weighted by Crippen LogP contribution is 2.47. The molecule has 8 heteroatoms. The number of aryl methyl sites for hydroxylation is 1. The van der Waals surface area contributed by atoms with Crippen molar-refractivity contribution >= 4 is 17.4 Å². The third-order valence-electron chi connectivity index (χ3n) is 9.93. The lowest BCUT2D eigenvalue weighted by atomic mass is 9.85. The fraction of sp³-hybridized carbons (Fsp3) is 0.385. The molecule has 1 amide bonds. The highest BCUT2D eigenvalue weighted by Gasteiger charge is 2.43. The third kappa shape index (κ3) is 6.85. The number of aromatic nitrogens is 1. The van der Waals surface area contributed by atoms with Crippen LogP contribution in [0.2, 0.25) is 0 Å². The van der Waals surface area contributed by atoms with Gasteiger partial charge in [-0.25, -0.2) is 4.98 Å². The highest BCUT2D eigenvalue weighted by molar-refractivity contribution is 5.84. The first-order valence-electron chi connectivity index (χ1n) is 17.0.